The average molecular weight is 300 g/mol. The van der Waals surface area contributed by atoms with Gasteiger partial charge in [-0.1, -0.05) is 0 Å². The summed E-state index contributed by atoms with van der Waals surface area (Å²) in [5.74, 6) is 0.244. The molecule has 6 heteroatoms. The van der Waals surface area contributed by atoms with Gasteiger partial charge in [0.2, 0.25) is 0 Å². The number of ether oxygens (including phenoxy) is 1. The van der Waals surface area contributed by atoms with Crippen molar-refractivity contribution < 1.29 is 14.6 Å². The first kappa shape index (κ1) is 14.9. The lowest BCUT2D eigenvalue weighted by atomic mass is 10.1. The number of hydrogen-bond donors (Lipinski definition) is 1. The van der Waals surface area contributed by atoms with Crippen molar-refractivity contribution in [2.45, 2.75) is 10.8 Å². The number of aromatic nitrogens is 1. The van der Waals surface area contributed by atoms with Crippen molar-refractivity contribution in [3.63, 3.8) is 0 Å². The van der Waals surface area contributed by atoms with E-state index in [1.165, 1.54) is 30.1 Å². The van der Waals surface area contributed by atoms with Crippen LogP contribution in [0.1, 0.15) is 21.5 Å². The smallest absolute Gasteiger partial charge is 0.335 e. The third-order valence-electron chi connectivity index (χ3n) is 2.77. The van der Waals surface area contributed by atoms with Gasteiger partial charge in [-0.05, 0) is 30.3 Å². The summed E-state index contributed by atoms with van der Waals surface area (Å²) < 4.78 is 5.26. The molecule has 0 radical (unpaired) electrons. The lowest BCUT2D eigenvalue weighted by Gasteiger charge is -2.08. The number of carboxylic acids is 1. The number of carboxylic acid groups (broad SMARTS) is 1. The van der Waals surface area contributed by atoms with Gasteiger partial charge >= 0.3 is 5.97 Å². The number of rotatable bonds is 5. The maximum absolute atomic E-state index is 10.9. The fourth-order valence-corrected chi connectivity index (χ4v) is 2.61. The Morgan fingerprint density at radius 1 is 1.43 bits per heavy atom. The van der Waals surface area contributed by atoms with E-state index in [-0.39, 0.29) is 5.56 Å². The Labute approximate surface area is 126 Å². The molecule has 0 saturated carbocycles. The highest BCUT2D eigenvalue weighted by molar-refractivity contribution is 7.98. The molecule has 1 aromatic heterocycles. The zero-order valence-corrected chi connectivity index (χ0v) is 12.1. The summed E-state index contributed by atoms with van der Waals surface area (Å²) in [6.07, 6.45) is 1.47. The first-order valence-electron chi connectivity index (χ1n) is 6.03. The zero-order valence-electron chi connectivity index (χ0n) is 11.2. The van der Waals surface area contributed by atoms with Crippen LogP contribution < -0.4 is 4.74 Å². The average Bonchev–Trinajstić information content (AvgIpc) is 2.52. The predicted octanol–water partition coefficient (Wildman–Crippen LogP) is 2.95. The molecule has 0 aliphatic rings. The topological polar surface area (TPSA) is 83.2 Å². The first-order chi connectivity index (χ1) is 10.1. The van der Waals surface area contributed by atoms with Crippen LogP contribution in [0.15, 0.2) is 41.6 Å². The Morgan fingerprint density at radius 3 is 2.90 bits per heavy atom. The van der Waals surface area contributed by atoms with Crippen LogP contribution >= 0.6 is 11.8 Å². The molecule has 0 saturated heterocycles. The molecule has 0 unspecified atom stereocenters. The predicted molar refractivity (Wildman–Crippen MR) is 78.5 cm³/mol. The SMILES string of the molecule is COc1ccc(C#N)cc1CSc1cc(C(=O)O)ccn1. The Balaban J connectivity index is 2.18. The summed E-state index contributed by atoms with van der Waals surface area (Å²) in [5.41, 5.74) is 1.62. The van der Waals surface area contributed by atoms with E-state index >= 15 is 0 Å². The number of nitrogens with zero attached hydrogens (tertiary/aromatic N) is 2. The molecule has 0 amide bonds. The van der Waals surface area contributed by atoms with E-state index in [0.717, 1.165) is 5.56 Å². The molecule has 0 fully saturated rings. The third kappa shape index (κ3) is 3.74. The number of carbonyl (C=O) groups is 1. The summed E-state index contributed by atoms with van der Waals surface area (Å²) in [5, 5.41) is 18.5. The Hall–Kier alpha value is -2.52. The van der Waals surface area contributed by atoms with E-state index in [1.807, 2.05) is 0 Å². The van der Waals surface area contributed by atoms with Crippen molar-refractivity contribution in [2.24, 2.45) is 0 Å². The molecule has 2 rings (SSSR count). The molecule has 21 heavy (non-hydrogen) atoms. The van der Waals surface area contributed by atoms with E-state index in [1.54, 1.807) is 25.3 Å². The highest BCUT2D eigenvalue weighted by Gasteiger charge is 2.08. The molecule has 0 bridgehead atoms. The van der Waals surface area contributed by atoms with Gasteiger partial charge < -0.3 is 9.84 Å². The molecule has 106 valence electrons. The molecule has 2 aromatic rings. The Morgan fingerprint density at radius 2 is 2.24 bits per heavy atom. The van der Waals surface area contributed by atoms with Crippen LogP contribution in [0.5, 0.6) is 5.75 Å². The standard InChI is InChI=1S/C15H12N2O3S/c1-20-13-3-2-10(8-16)6-12(13)9-21-14-7-11(15(18)19)4-5-17-14/h2-7H,9H2,1H3,(H,18,19). The lowest BCUT2D eigenvalue weighted by Crippen LogP contribution is -1.97. The van der Waals surface area contributed by atoms with Gasteiger partial charge in [-0.3, -0.25) is 0 Å². The number of thioether (sulfide) groups is 1. The number of methoxy groups -OCH3 is 1. The van der Waals surface area contributed by atoms with Crippen LogP contribution in [-0.4, -0.2) is 23.2 Å². The molecule has 0 aliphatic heterocycles. The molecular weight excluding hydrogens is 288 g/mol. The van der Waals surface area contributed by atoms with Crippen LogP contribution in [0.3, 0.4) is 0 Å². The van der Waals surface area contributed by atoms with Gasteiger partial charge in [0.25, 0.3) is 0 Å². The number of aromatic carboxylic acids is 1. The van der Waals surface area contributed by atoms with Gasteiger partial charge in [0.1, 0.15) is 5.75 Å². The van der Waals surface area contributed by atoms with Crippen LogP contribution in [-0.2, 0) is 5.75 Å². The highest BCUT2D eigenvalue weighted by atomic mass is 32.2. The number of pyridine rings is 1. The van der Waals surface area contributed by atoms with Gasteiger partial charge in [0.05, 0.1) is 29.3 Å². The molecular formula is C15H12N2O3S. The molecule has 1 N–H and O–H groups in total. The minimum absolute atomic E-state index is 0.199. The van der Waals surface area contributed by atoms with Crippen molar-refractivity contribution in [3.8, 4) is 11.8 Å². The fraction of sp³-hybridized carbons (Fsp3) is 0.133. The van der Waals surface area contributed by atoms with E-state index < -0.39 is 5.97 Å². The molecule has 0 atom stereocenters. The van der Waals surface area contributed by atoms with Crippen molar-refractivity contribution in [1.29, 1.82) is 5.26 Å². The second kappa shape index (κ2) is 6.77. The number of nitriles is 1. The third-order valence-corrected chi connectivity index (χ3v) is 3.74. The van der Waals surface area contributed by atoms with Gasteiger partial charge in [-0.25, -0.2) is 9.78 Å². The fourth-order valence-electron chi connectivity index (χ4n) is 1.73. The summed E-state index contributed by atoms with van der Waals surface area (Å²) in [6.45, 7) is 0. The first-order valence-corrected chi connectivity index (χ1v) is 7.01. The van der Waals surface area contributed by atoms with E-state index in [2.05, 4.69) is 11.1 Å². The largest absolute Gasteiger partial charge is 0.496 e. The van der Waals surface area contributed by atoms with Crippen molar-refractivity contribution in [2.75, 3.05) is 7.11 Å². The van der Waals surface area contributed by atoms with Gasteiger partial charge in [-0.2, -0.15) is 5.26 Å². The van der Waals surface area contributed by atoms with Crippen LogP contribution in [0.25, 0.3) is 0 Å². The molecule has 1 aromatic carbocycles. The van der Waals surface area contributed by atoms with Crippen LogP contribution in [0, 0.1) is 11.3 Å². The summed E-state index contributed by atoms with van der Waals surface area (Å²) in [7, 11) is 1.57. The monoisotopic (exact) mass is 300 g/mol. The number of benzene rings is 1. The quantitative estimate of drug-likeness (QED) is 0.855. The van der Waals surface area contributed by atoms with Crippen molar-refractivity contribution in [3.05, 3.63) is 53.2 Å². The Bertz CT molecular complexity index is 710. The normalized spacial score (nSPS) is 9.90. The van der Waals surface area contributed by atoms with Gasteiger partial charge in [0, 0.05) is 17.5 Å². The highest BCUT2D eigenvalue weighted by Crippen LogP contribution is 2.28. The van der Waals surface area contributed by atoms with Crippen molar-refractivity contribution >= 4 is 17.7 Å². The minimum atomic E-state index is -0.983. The minimum Gasteiger partial charge on any atom is -0.496 e. The lowest BCUT2D eigenvalue weighted by molar-refractivity contribution is 0.0696. The van der Waals surface area contributed by atoms with E-state index in [9.17, 15) is 4.79 Å². The summed E-state index contributed by atoms with van der Waals surface area (Å²) >= 11 is 1.39. The molecule has 1 heterocycles. The summed E-state index contributed by atoms with van der Waals surface area (Å²) in [4.78, 5) is 15.0. The van der Waals surface area contributed by atoms with E-state index in [0.29, 0.717) is 22.1 Å². The van der Waals surface area contributed by atoms with Gasteiger partial charge in [-0.15, -0.1) is 11.8 Å². The van der Waals surface area contributed by atoms with Crippen LogP contribution in [0.2, 0.25) is 0 Å². The second-order valence-corrected chi connectivity index (χ2v) is 5.11. The van der Waals surface area contributed by atoms with Gasteiger partial charge in [0.15, 0.2) is 0 Å². The maximum atomic E-state index is 10.9. The summed E-state index contributed by atoms with van der Waals surface area (Å²) in [6, 6.07) is 10.2. The molecule has 0 spiro atoms. The Kier molecular flexibility index (Phi) is 4.80. The second-order valence-electron chi connectivity index (χ2n) is 4.12. The van der Waals surface area contributed by atoms with Crippen LogP contribution in [0.4, 0.5) is 0 Å². The molecule has 5 nitrogen and oxygen atoms in total. The molecule has 0 aliphatic carbocycles. The maximum Gasteiger partial charge on any atom is 0.335 e. The van der Waals surface area contributed by atoms with E-state index in [4.69, 9.17) is 15.1 Å². The van der Waals surface area contributed by atoms with Crippen molar-refractivity contribution in [1.82, 2.24) is 4.98 Å². The number of hydrogen-bond acceptors (Lipinski definition) is 5. The zero-order chi connectivity index (χ0) is 15.2.